The van der Waals surface area contributed by atoms with Gasteiger partial charge >= 0.3 is 0 Å². The van der Waals surface area contributed by atoms with E-state index in [1.165, 1.54) is 32.6 Å². The molecule has 4 nitrogen and oxygen atoms in total. The van der Waals surface area contributed by atoms with Crippen molar-refractivity contribution in [2.45, 2.75) is 85.5 Å². The van der Waals surface area contributed by atoms with E-state index in [0.29, 0.717) is 11.5 Å². The van der Waals surface area contributed by atoms with E-state index >= 15 is 0 Å². The lowest BCUT2D eigenvalue weighted by molar-refractivity contribution is 0.301. The Balaban J connectivity index is 3.47. The van der Waals surface area contributed by atoms with Crippen LogP contribution in [0.4, 0.5) is 0 Å². The summed E-state index contributed by atoms with van der Waals surface area (Å²) in [6, 6.07) is 0. The molecule has 0 unspecified atom stereocenters. The number of hydrogen-bond acceptors (Lipinski definition) is 4. The Morgan fingerprint density at radius 1 is 0.964 bits per heavy atom. The van der Waals surface area contributed by atoms with Gasteiger partial charge in [0.1, 0.15) is 0 Å². The minimum Gasteiger partial charge on any atom is -0.504 e. The third-order valence-corrected chi connectivity index (χ3v) is 6.50. The molecule has 0 aliphatic heterocycles. The molecular formula is C24H40O4. The second-order valence-electron chi connectivity index (χ2n) is 7.89. The third kappa shape index (κ3) is 4.76. The fraction of sp³-hybridized carbons (Fsp3) is 0.667. The van der Waals surface area contributed by atoms with Crippen LogP contribution in [0.25, 0.3) is 0 Å². The molecule has 0 aromatic heterocycles. The number of aromatic hydroxyl groups is 2. The van der Waals surface area contributed by atoms with Crippen LogP contribution in [-0.2, 0) is 5.41 Å². The summed E-state index contributed by atoms with van der Waals surface area (Å²) in [5.41, 5.74) is 2.53. The lowest BCUT2D eigenvalue weighted by Crippen LogP contribution is -2.25. The van der Waals surface area contributed by atoms with E-state index in [9.17, 15) is 10.2 Å². The first-order valence-corrected chi connectivity index (χ1v) is 10.6. The molecule has 0 atom stereocenters. The first-order chi connectivity index (χ1) is 13.3. The molecule has 1 aromatic rings. The topological polar surface area (TPSA) is 58.9 Å². The van der Waals surface area contributed by atoms with Gasteiger partial charge < -0.3 is 19.7 Å². The summed E-state index contributed by atoms with van der Waals surface area (Å²) in [5.74, 6) is 1.21. The molecule has 0 aliphatic rings. The summed E-state index contributed by atoms with van der Waals surface area (Å²) < 4.78 is 10.7. The molecule has 0 bridgehead atoms. The molecule has 0 aliphatic carbocycles. The van der Waals surface area contributed by atoms with Crippen molar-refractivity contribution in [2.75, 3.05) is 14.2 Å². The number of methoxy groups -OCH3 is 2. The summed E-state index contributed by atoms with van der Waals surface area (Å²) in [4.78, 5) is 0. The molecule has 0 spiro atoms. The van der Waals surface area contributed by atoms with Gasteiger partial charge in [0.2, 0.25) is 11.5 Å². The van der Waals surface area contributed by atoms with Gasteiger partial charge in [0.15, 0.2) is 11.5 Å². The van der Waals surface area contributed by atoms with Crippen molar-refractivity contribution in [1.29, 1.82) is 0 Å². The number of rotatable bonds is 11. The average Bonchev–Trinajstić information content (AvgIpc) is 2.71. The minimum atomic E-state index is -0.277. The zero-order valence-electron chi connectivity index (χ0n) is 19.1. The van der Waals surface area contributed by atoms with Gasteiger partial charge in [0.05, 0.1) is 14.2 Å². The SMILES string of the molecule is CCC(CC)C/C(C)=C/CC(CC)(CC)c1c(C)c(O)c(OC)c(OC)c1O. The van der Waals surface area contributed by atoms with Gasteiger partial charge in [0, 0.05) is 16.5 Å². The molecule has 0 amide bonds. The van der Waals surface area contributed by atoms with Crippen molar-refractivity contribution in [2.24, 2.45) is 5.92 Å². The van der Waals surface area contributed by atoms with Crippen LogP contribution in [0.1, 0.15) is 84.3 Å². The van der Waals surface area contributed by atoms with E-state index in [0.717, 1.165) is 31.2 Å². The number of benzene rings is 1. The maximum absolute atomic E-state index is 11.1. The highest BCUT2D eigenvalue weighted by molar-refractivity contribution is 5.67. The number of allylic oxidation sites excluding steroid dienone is 2. The number of phenols is 2. The second-order valence-corrected chi connectivity index (χ2v) is 7.89. The quantitative estimate of drug-likeness (QED) is 0.327. The van der Waals surface area contributed by atoms with E-state index in [4.69, 9.17) is 9.47 Å². The highest BCUT2D eigenvalue weighted by Crippen LogP contribution is 2.54. The molecule has 0 saturated heterocycles. The van der Waals surface area contributed by atoms with Crippen LogP contribution in [-0.4, -0.2) is 24.4 Å². The van der Waals surface area contributed by atoms with Gasteiger partial charge in [-0.1, -0.05) is 52.2 Å². The summed E-state index contributed by atoms with van der Waals surface area (Å²) in [5, 5.41) is 21.8. The first kappa shape index (κ1) is 24.2. The highest BCUT2D eigenvalue weighted by Gasteiger charge is 2.36. The summed E-state index contributed by atoms with van der Waals surface area (Å²) in [6.45, 7) is 12.8. The van der Waals surface area contributed by atoms with Gasteiger partial charge in [-0.15, -0.1) is 0 Å². The maximum atomic E-state index is 11.1. The van der Waals surface area contributed by atoms with Gasteiger partial charge in [-0.05, 0) is 45.4 Å². The van der Waals surface area contributed by atoms with Crippen molar-refractivity contribution in [1.82, 2.24) is 0 Å². The Bertz CT molecular complexity index is 668. The minimum absolute atomic E-state index is 0.0381. The van der Waals surface area contributed by atoms with E-state index in [1.54, 1.807) is 0 Å². The maximum Gasteiger partial charge on any atom is 0.207 e. The van der Waals surface area contributed by atoms with Crippen LogP contribution in [0.2, 0.25) is 0 Å². The molecule has 4 heteroatoms. The Morgan fingerprint density at radius 2 is 1.46 bits per heavy atom. The lowest BCUT2D eigenvalue weighted by Gasteiger charge is -2.35. The van der Waals surface area contributed by atoms with Crippen LogP contribution >= 0.6 is 0 Å². The average molecular weight is 393 g/mol. The molecule has 0 saturated carbocycles. The van der Waals surface area contributed by atoms with Crippen LogP contribution in [0.5, 0.6) is 23.0 Å². The standard InChI is InChI=1S/C24H40O4/c1-9-18(10-2)15-16(5)13-14-24(11-3,12-4)19-17(6)20(25)22(27-7)23(28-8)21(19)26/h13,18,25-26H,9-12,14-15H2,1-8H3/b16-13+. The largest absolute Gasteiger partial charge is 0.504 e. The van der Waals surface area contributed by atoms with Crippen LogP contribution < -0.4 is 9.47 Å². The van der Waals surface area contributed by atoms with E-state index in [1.807, 2.05) is 6.92 Å². The van der Waals surface area contributed by atoms with E-state index in [2.05, 4.69) is 40.7 Å². The summed E-state index contributed by atoms with van der Waals surface area (Å²) in [7, 11) is 2.95. The van der Waals surface area contributed by atoms with Crippen LogP contribution in [0.15, 0.2) is 11.6 Å². The monoisotopic (exact) mass is 392 g/mol. The lowest BCUT2D eigenvalue weighted by atomic mass is 9.70. The molecule has 1 rings (SSSR count). The number of phenolic OH excluding ortho intramolecular Hbond substituents is 2. The fourth-order valence-electron chi connectivity index (χ4n) is 4.30. The van der Waals surface area contributed by atoms with Crippen molar-refractivity contribution >= 4 is 0 Å². The smallest absolute Gasteiger partial charge is 0.207 e. The van der Waals surface area contributed by atoms with Gasteiger partial charge in [-0.2, -0.15) is 0 Å². The zero-order chi connectivity index (χ0) is 21.5. The second kappa shape index (κ2) is 10.6. The first-order valence-electron chi connectivity index (χ1n) is 10.6. The van der Waals surface area contributed by atoms with E-state index < -0.39 is 0 Å². The number of ether oxygens (including phenoxy) is 2. The van der Waals surface area contributed by atoms with Crippen molar-refractivity contribution in [3.8, 4) is 23.0 Å². The molecule has 28 heavy (non-hydrogen) atoms. The van der Waals surface area contributed by atoms with Gasteiger partial charge in [-0.3, -0.25) is 0 Å². The van der Waals surface area contributed by atoms with E-state index in [-0.39, 0.29) is 28.4 Å². The van der Waals surface area contributed by atoms with Crippen LogP contribution in [0, 0.1) is 12.8 Å². The molecule has 0 radical (unpaired) electrons. The summed E-state index contributed by atoms with van der Waals surface area (Å²) in [6.07, 6.45) is 8.32. The summed E-state index contributed by atoms with van der Waals surface area (Å²) >= 11 is 0. The highest BCUT2D eigenvalue weighted by atomic mass is 16.5. The normalized spacial score (nSPS) is 12.5. The Morgan fingerprint density at radius 3 is 1.89 bits per heavy atom. The molecule has 2 N–H and O–H groups in total. The Kier molecular flexibility index (Phi) is 9.19. The van der Waals surface area contributed by atoms with Gasteiger partial charge in [0.25, 0.3) is 0 Å². The van der Waals surface area contributed by atoms with Crippen molar-refractivity contribution in [3.05, 3.63) is 22.8 Å². The molecule has 1 aromatic carbocycles. The van der Waals surface area contributed by atoms with Crippen molar-refractivity contribution < 1.29 is 19.7 Å². The van der Waals surface area contributed by atoms with Crippen molar-refractivity contribution in [3.63, 3.8) is 0 Å². The Hall–Kier alpha value is -1.84. The third-order valence-electron chi connectivity index (χ3n) is 6.50. The van der Waals surface area contributed by atoms with Gasteiger partial charge in [-0.25, -0.2) is 0 Å². The fourth-order valence-corrected chi connectivity index (χ4v) is 4.30. The molecule has 0 fully saturated rings. The molecule has 0 heterocycles. The zero-order valence-corrected chi connectivity index (χ0v) is 19.1. The Labute approximate surface area is 171 Å². The molecule has 160 valence electrons. The predicted molar refractivity (Wildman–Crippen MR) is 117 cm³/mol. The molecular weight excluding hydrogens is 352 g/mol. The number of hydrogen-bond donors (Lipinski definition) is 2. The van der Waals surface area contributed by atoms with Crippen LogP contribution in [0.3, 0.4) is 0 Å². The predicted octanol–water partition coefficient (Wildman–Crippen LogP) is 6.64.